The summed E-state index contributed by atoms with van der Waals surface area (Å²) < 4.78 is 5.00. The number of nitroso groups, excluding NO2 is 1. The molecule has 1 N–H and O–H groups in total. The number of nitrogens with zero attached hydrogens (tertiary/aromatic N) is 2. The average Bonchev–Trinajstić information content (AvgIpc) is 2.91. The van der Waals surface area contributed by atoms with Gasteiger partial charge in [0.05, 0.1) is 18.0 Å². The molecular weight excluding hydrogens is 234 g/mol. The predicted molar refractivity (Wildman–Crippen MR) is 65.7 cm³/mol. The van der Waals surface area contributed by atoms with E-state index in [1.165, 1.54) is 24.6 Å². The lowest BCUT2D eigenvalue weighted by Gasteiger charge is -2.00. The molecule has 0 aliphatic carbocycles. The molecule has 6 heteroatoms. The number of rotatable bonds is 4. The molecule has 0 fully saturated rings. The number of carbonyl (C=O) groups excluding carboxylic acids is 1. The molecule has 0 aliphatic rings. The van der Waals surface area contributed by atoms with Gasteiger partial charge in [0, 0.05) is 0 Å². The van der Waals surface area contributed by atoms with Gasteiger partial charge in [0.25, 0.3) is 5.91 Å². The molecule has 0 aliphatic heterocycles. The number of nitrogens with one attached hydrogen (secondary N) is 1. The molecule has 0 saturated carbocycles. The van der Waals surface area contributed by atoms with Crippen LogP contribution in [0.15, 0.2) is 57.4 Å². The van der Waals surface area contributed by atoms with Crippen molar-refractivity contribution in [1.82, 2.24) is 5.43 Å². The molecule has 90 valence electrons. The van der Waals surface area contributed by atoms with Crippen molar-refractivity contribution in [3.63, 3.8) is 0 Å². The van der Waals surface area contributed by atoms with Gasteiger partial charge in [-0.05, 0) is 29.4 Å². The first kappa shape index (κ1) is 11.7. The van der Waals surface area contributed by atoms with E-state index in [1.807, 2.05) is 0 Å². The summed E-state index contributed by atoms with van der Waals surface area (Å²) in [5, 5.41) is 6.47. The Kier molecular flexibility index (Phi) is 3.60. The second-order valence-corrected chi connectivity index (χ2v) is 3.32. The van der Waals surface area contributed by atoms with E-state index in [9.17, 15) is 9.70 Å². The minimum absolute atomic E-state index is 0.0724. The van der Waals surface area contributed by atoms with Gasteiger partial charge in [0.1, 0.15) is 11.4 Å². The maximum atomic E-state index is 11.7. The molecule has 0 spiro atoms. The highest BCUT2D eigenvalue weighted by atomic mass is 16.3. The first-order valence-electron chi connectivity index (χ1n) is 5.10. The number of furan rings is 1. The topological polar surface area (TPSA) is 84.0 Å². The van der Waals surface area contributed by atoms with Crippen LogP contribution in [0.2, 0.25) is 0 Å². The van der Waals surface area contributed by atoms with E-state index in [0.29, 0.717) is 5.76 Å². The molecule has 1 aromatic carbocycles. The Hall–Kier alpha value is -2.76. The molecule has 0 bridgehead atoms. The first-order valence-corrected chi connectivity index (χ1v) is 5.10. The Morgan fingerprint density at radius 1 is 1.22 bits per heavy atom. The summed E-state index contributed by atoms with van der Waals surface area (Å²) in [6.45, 7) is 0. The minimum atomic E-state index is -0.506. The average molecular weight is 243 g/mol. The van der Waals surface area contributed by atoms with Crippen LogP contribution in [0.25, 0.3) is 0 Å². The normalized spacial score (nSPS) is 10.4. The molecule has 2 rings (SSSR count). The van der Waals surface area contributed by atoms with Crippen LogP contribution in [-0.2, 0) is 0 Å². The zero-order valence-electron chi connectivity index (χ0n) is 9.24. The number of hydrogen-bond donors (Lipinski definition) is 1. The number of amides is 1. The smallest absolute Gasteiger partial charge is 0.273 e. The van der Waals surface area contributed by atoms with E-state index >= 15 is 0 Å². The number of benzene rings is 1. The molecular formula is C12H9N3O3. The quantitative estimate of drug-likeness (QED) is 0.508. The van der Waals surface area contributed by atoms with Crippen molar-refractivity contribution in [2.45, 2.75) is 0 Å². The first-order chi connectivity index (χ1) is 8.81. The van der Waals surface area contributed by atoms with Crippen molar-refractivity contribution in [2.75, 3.05) is 0 Å². The monoisotopic (exact) mass is 243 g/mol. The largest absolute Gasteiger partial charge is 0.463 e. The van der Waals surface area contributed by atoms with Crippen molar-refractivity contribution < 1.29 is 9.21 Å². The Balaban J connectivity index is 2.06. The molecule has 0 unspecified atom stereocenters. The van der Waals surface area contributed by atoms with Gasteiger partial charge in [-0.2, -0.15) is 5.10 Å². The SMILES string of the molecule is O=Nc1ccccc1C(=O)N/N=C/c1ccco1. The fourth-order valence-electron chi connectivity index (χ4n) is 1.32. The lowest BCUT2D eigenvalue weighted by atomic mass is 10.2. The third-order valence-corrected chi connectivity index (χ3v) is 2.15. The molecule has 1 aromatic heterocycles. The summed E-state index contributed by atoms with van der Waals surface area (Å²) in [7, 11) is 0. The second kappa shape index (κ2) is 5.53. The molecule has 6 nitrogen and oxygen atoms in total. The molecule has 1 amide bonds. The summed E-state index contributed by atoms with van der Waals surface area (Å²) >= 11 is 0. The van der Waals surface area contributed by atoms with E-state index in [1.54, 1.807) is 24.3 Å². The van der Waals surface area contributed by atoms with Crippen LogP contribution < -0.4 is 5.43 Å². The fraction of sp³-hybridized carbons (Fsp3) is 0. The number of hydrazone groups is 1. The van der Waals surface area contributed by atoms with E-state index in [0.717, 1.165) is 0 Å². The lowest BCUT2D eigenvalue weighted by molar-refractivity contribution is 0.0956. The van der Waals surface area contributed by atoms with E-state index in [4.69, 9.17) is 4.42 Å². The van der Waals surface area contributed by atoms with Gasteiger partial charge in [-0.15, -0.1) is 4.91 Å². The van der Waals surface area contributed by atoms with Gasteiger partial charge in [-0.3, -0.25) is 4.79 Å². The van der Waals surface area contributed by atoms with Gasteiger partial charge in [0.15, 0.2) is 0 Å². The van der Waals surface area contributed by atoms with Crippen molar-refractivity contribution in [2.24, 2.45) is 10.3 Å². The second-order valence-electron chi connectivity index (χ2n) is 3.32. The highest BCUT2D eigenvalue weighted by molar-refractivity contribution is 5.99. The van der Waals surface area contributed by atoms with Crippen LogP contribution in [0.3, 0.4) is 0 Å². The number of carbonyl (C=O) groups is 1. The summed E-state index contributed by atoms with van der Waals surface area (Å²) in [6, 6.07) is 9.61. The van der Waals surface area contributed by atoms with Crippen molar-refractivity contribution in [3.8, 4) is 0 Å². The maximum absolute atomic E-state index is 11.7. The summed E-state index contributed by atoms with van der Waals surface area (Å²) in [6.07, 6.45) is 2.85. The van der Waals surface area contributed by atoms with Crippen LogP contribution >= 0.6 is 0 Å². The molecule has 18 heavy (non-hydrogen) atoms. The molecule has 1 heterocycles. The predicted octanol–water partition coefficient (Wildman–Crippen LogP) is 2.44. The Morgan fingerprint density at radius 3 is 2.78 bits per heavy atom. The standard InChI is InChI=1S/C12H9N3O3/c16-12(10-5-1-2-6-11(10)15-17)14-13-8-9-4-3-7-18-9/h1-8H,(H,14,16)/b13-8+. The molecule has 0 atom stereocenters. The Labute approximate surface area is 102 Å². The lowest BCUT2D eigenvalue weighted by Crippen LogP contribution is -2.17. The Bertz CT molecular complexity index is 576. The Morgan fingerprint density at radius 2 is 2.06 bits per heavy atom. The van der Waals surface area contributed by atoms with Gasteiger partial charge in [-0.1, -0.05) is 12.1 Å². The third kappa shape index (κ3) is 2.67. The molecule has 0 saturated heterocycles. The zero-order chi connectivity index (χ0) is 12.8. The van der Waals surface area contributed by atoms with E-state index in [2.05, 4.69) is 15.7 Å². The van der Waals surface area contributed by atoms with Gasteiger partial charge in [-0.25, -0.2) is 5.43 Å². The van der Waals surface area contributed by atoms with Crippen molar-refractivity contribution in [3.05, 3.63) is 58.9 Å². The zero-order valence-corrected chi connectivity index (χ0v) is 9.24. The summed E-state index contributed by atoms with van der Waals surface area (Å²) in [4.78, 5) is 22.2. The van der Waals surface area contributed by atoms with Crippen LogP contribution in [-0.4, -0.2) is 12.1 Å². The minimum Gasteiger partial charge on any atom is -0.463 e. The molecule has 0 radical (unpaired) electrons. The maximum Gasteiger partial charge on any atom is 0.273 e. The van der Waals surface area contributed by atoms with E-state index < -0.39 is 5.91 Å². The van der Waals surface area contributed by atoms with Crippen molar-refractivity contribution >= 4 is 17.8 Å². The van der Waals surface area contributed by atoms with Crippen LogP contribution in [0.4, 0.5) is 5.69 Å². The fourth-order valence-corrected chi connectivity index (χ4v) is 1.32. The van der Waals surface area contributed by atoms with Crippen LogP contribution in [0, 0.1) is 4.91 Å². The van der Waals surface area contributed by atoms with Gasteiger partial charge in [0.2, 0.25) is 0 Å². The van der Waals surface area contributed by atoms with E-state index in [-0.39, 0.29) is 11.3 Å². The number of hydrogen-bond acceptors (Lipinski definition) is 5. The highest BCUT2D eigenvalue weighted by Crippen LogP contribution is 2.17. The summed E-state index contributed by atoms with van der Waals surface area (Å²) in [5.41, 5.74) is 2.53. The van der Waals surface area contributed by atoms with Crippen LogP contribution in [0.1, 0.15) is 16.1 Å². The van der Waals surface area contributed by atoms with Gasteiger partial charge >= 0.3 is 0 Å². The highest BCUT2D eigenvalue weighted by Gasteiger charge is 2.09. The van der Waals surface area contributed by atoms with Crippen LogP contribution in [0.5, 0.6) is 0 Å². The summed E-state index contributed by atoms with van der Waals surface area (Å²) in [5.74, 6) is 0.00473. The molecule has 2 aromatic rings. The third-order valence-electron chi connectivity index (χ3n) is 2.15. The van der Waals surface area contributed by atoms with Gasteiger partial charge < -0.3 is 4.42 Å². The van der Waals surface area contributed by atoms with Crippen molar-refractivity contribution in [1.29, 1.82) is 0 Å².